The molecule has 0 aliphatic carbocycles. The normalized spacial score (nSPS) is 14.8. The molecule has 18 heavy (non-hydrogen) atoms. The molecule has 0 fully saturated rings. The number of hydrogen-bond acceptors (Lipinski definition) is 2. The summed E-state index contributed by atoms with van der Waals surface area (Å²) in [5.74, 6) is -0.314. The molecule has 0 bridgehead atoms. The van der Waals surface area contributed by atoms with Gasteiger partial charge in [-0.2, -0.15) is 0 Å². The zero-order valence-corrected chi connectivity index (χ0v) is 12.0. The van der Waals surface area contributed by atoms with Crippen LogP contribution in [-0.4, -0.2) is 24.0 Å². The average molecular weight is 273 g/mol. The van der Waals surface area contributed by atoms with E-state index < -0.39 is 0 Å². The zero-order chi connectivity index (χ0) is 13.7. The summed E-state index contributed by atoms with van der Waals surface area (Å²) in [4.78, 5) is 2.30. The van der Waals surface area contributed by atoms with Crippen LogP contribution in [0.1, 0.15) is 38.8 Å². The molecule has 0 heterocycles. The first kappa shape index (κ1) is 15.4. The minimum absolute atomic E-state index is 0.0399. The van der Waals surface area contributed by atoms with Crippen LogP contribution in [0.5, 0.6) is 0 Å². The lowest BCUT2D eigenvalue weighted by atomic mass is 10.0. The number of rotatable bonds is 6. The summed E-state index contributed by atoms with van der Waals surface area (Å²) < 4.78 is 13.1. The lowest BCUT2D eigenvalue weighted by molar-refractivity contribution is 0.152. The van der Waals surface area contributed by atoms with Crippen LogP contribution in [0.4, 0.5) is 4.39 Å². The van der Waals surface area contributed by atoms with E-state index in [0.29, 0.717) is 17.6 Å². The van der Waals surface area contributed by atoms with Crippen molar-refractivity contribution in [3.05, 3.63) is 34.6 Å². The van der Waals surface area contributed by atoms with Crippen LogP contribution in [0.15, 0.2) is 18.2 Å². The molecule has 0 aromatic heterocycles. The van der Waals surface area contributed by atoms with Crippen LogP contribution >= 0.6 is 11.6 Å². The van der Waals surface area contributed by atoms with Crippen molar-refractivity contribution < 1.29 is 4.39 Å². The Bertz CT molecular complexity index is 384. The molecule has 0 aliphatic heterocycles. The van der Waals surface area contributed by atoms with Crippen molar-refractivity contribution in [2.75, 3.05) is 13.1 Å². The van der Waals surface area contributed by atoms with E-state index in [1.807, 2.05) is 0 Å². The van der Waals surface area contributed by atoms with E-state index in [1.165, 1.54) is 12.1 Å². The molecule has 102 valence electrons. The first-order valence-corrected chi connectivity index (χ1v) is 6.83. The molecular weight excluding hydrogens is 251 g/mol. The standard InChI is InChI=1S/C14H22ClFN2/c1-4-10(3)18(5-2)14(9-17)12-7-6-11(16)8-13(12)15/h6-8,10,14H,4-5,9,17H2,1-3H3. The Morgan fingerprint density at radius 1 is 1.39 bits per heavy atom. The van der Waals surface area contributed by atoms with Gasteiger partial charge in [0.1, 0.15) is 5.82 Å². The predicted octanol–water partition coefficient (Wildman–Crippen LogP) is 3.60. The van der Waals surface area contributed by atoms with Gasteiger partial charge in [0.2, 0.25) is 0 Å². The van der Waals surface area contributed by atoms with Crippen LogP contribution in [0.3, 0.4) is 0 Å². The maximum Gasteiger partial charge on any atom is 0.124 e. The van der Waals surface area contributed by atoms with E-state index in [2.05, 4.69) is 25.7 Å². The van der Waals surface area contributed by atoms with Gasteiger partial charge in [0.15, 0.2) is 0 Å². The molecule has 2 N–H and O–H groups in total. The van der Waals surface area contributed by atoms with E-state index in [1.54, 1.807) is 6.07 Å². The van der Waals surface area contributed by atoms with Crippen molar-refractivity contribution in [3.8, 4) is 0 Å². The van der Waals surface area contributed by atoms with Gasteiger partial charge in [-0.15, -0.1) is 0 Å². The Kier molecular flexibility index (Phi) is 6.06. The summed E-state index contributed by atoms with van der Waals surface area (Å²) in [6.45, 7) is 7.79. The molecule has 0 saturated heterocycles. The van der Waals surface area contributed by atoms with Gasteiger partial charge in [0.25, 0.3) is 0 Å². The van der Waals surface area contributed by atoms with Crippen molar-refractivity contribution in [1.29, 1.82) is 0 Å². The van der Waals surface area contributed by atoms with E-state index in [-0.39, 0.29) is 11.9 Å². The van der Waals surface area contributed by atoms with Crippen molar-refractivity contribution in [2.45, 2.75) is 39.3 Å². The summed E-state index contributed by atoms with van der Waals surface area (Å²) in [5, 5.41) is 0.451. The third kappa shape index (κ3) is 3.44. The topological polar surface area (TPSA) is 29.3 Å². The highest BCUT2D eigenvalue weighted by atomic mass is 35.5. The second-order valence-corrected chi connectivity index (χ2v) is 4.91. The molecule has 0 spiro atoms. The molecule has 1 rings (SSSR count). The second kappa shape index (κ2) is 7.07. The number of nitrogens with zero attached hydrogens (tertiary/aromatic N) is 1. The van der Waals surface area contributed by atoms with Crippen molar-refractivity contribution in [2.24, 2.45) is 5.73 Å². The van der Waals surface area contributed by atoms with Gasteiger partial charge < -0.3 is 5.73 Å². The van der Waals surface area contributed by atoms with Gasteiger partial charge in [-0.05, 0) is 37.6 Å². The van der Waals surface area contributed by atoms with E-state index in [9.17, 15) is 4.39 Å². The molecule has 1 aromatic carbocycles. The first-order valence-electron chi connectivity index (χ1n) is 6.45. The number of halogens is 2. The largest absolute Gasteiger partial charge is 0.329 e. The third-order valence-electron chi connectivity index (χ3n) is 3.47. The Balaban J connectivity index is 3.07. The Morgan fingerprint density at radius 3 is 2.50 bits per heavy atom. The number of nitrogens with two attached hydrogens (primary N) is 1. The van der Waals surface area contributed by atoms with Crippen LogP contribution in [-0.2, 0) is 0 Å². The fraction of sp³-hybridized carbons (Fsp3) is 0.571. The van der Waals surface area contributed by atoms with Crippen molar-refractivity contribution in [1.82, 2.24) is 4.90 Å². The SMILES string of the molecule is CCC(C)N(CC)C(CN)c1ccc(F)cc1Cl. The van der Waals surface area contributed by atoms with Crippen LogP contribution < -0.4 is 5.73 Å². The Labute approximate surface area is 114 Å². The summed E-state index contributed by atoms with van der Waals surface area (Å²) in [6, 6.07) is 4.99. The highest BCUT2D eigenvalue weighted by Gasteiger charge is 2.23. The fourth-order valence-electron chi connectivity index (χ4n) is 2.29. The number of hydrogen-bond donors (Lipinski definition) is 1. The lowest BCUT2D eigenvalue weighted by Gasteiger charge is -2.35. The van der Waals surface area contributed by atoms with Crippen LogP contribution in [0.25, 0.3) is 0 Å². The summed E-state index contributed by atoms with van der Waals surface area (Å²) >= 11 is 6.13. The molecule has 4 heteroatoms. The minimum atomic E-state index is -0.314. The van der Waals surface area contributed by atoms with E-state index >= 15 is 0 Å². The third-order valence-corrected chi connectivity index (χ3v) is 3.79. The quantitative estimate of drug-likeness (QED) is 0.857. The monoisotopic (exact) mass is 272 g/mol. The van der Waals surface area contributed by atoms with Gasteiger partial charge in [0.05, 0.1) is 0 Å². The molecule has 0 amide bonds. The highest BCUT2D eigenvalue weighted by Crippen LogP contribution is 2.29. The molecule has 0 saturated carbocycles. The molecule has 0 aliphatic rings. The van der Waals surface area contributed by atoms with Crippen molar-refractivity contribution >= 4 is 11.6 Å². The predicted molar refractivity (Wildman–Crippen MR) is 75.3 cm³/mol. The average Bonchev–Trinajstić information content (AvgIpc) is 2.36. The smallest absolute Gasteiger partial charge is 0.124 e. The van der Waals surface area contributed by atoms with E-state index in [0.717, 1.165) is 18.5 Å². The molecular formula is C14H22ClFN2. The molecule has 2 nitrogen and oxygen atoms in total. The maximum atomic E-state index is 13.1. The summed E-state index contributed by atoms with van der Waals surface area (Å²) in [7, 11) is 0. The van der Waals surface area contributed by atoms with E-state index in [4.69, 9.17) is 17.3 Å². The fourth-order valence-corrected chi connectivity index (χ4v) is 2.58. The minimum Gasteiger partial charge on any atom is -0.329 e. The number of likely N-dealkylation sites (N-methyl/N-ethyl adjacent to an activating group) is 1. The lowest BCUT2D eigenvalue weighted by Crippen LogP contribution is -2.39. The molecule has 2 atom stereocenters. The summed E-state index contributed by atoms with van der Waals surface area (Å²) in [5.41, 5.74) is 6.79. The summed E-state index contributed by atoms with van der Waals surface area (Å²) in [6.07, 6.45) is 1.04. The van der Waals surface area contributed by atoms with Gasteiger partial charge in [-0.1, -0.05) is 31.5 Å². The van der Waals surface area contributed by atoms with Gasteiger partial charge >= 0.3 is 0 Å². The number of benzene rings is 1. The Hall–Kier alpha value is -0.640. The molecule has 0 radical (unpaired) electrons. The van der Waals surface area contributed by atoms with Crippen molar-refractivity contribution in [3.63, 3.8) is 0 Å². The zero-order valence-electron chi connectivity index (χ0n) is 11.3. The molecule has 1 aromatic rings. The highest BCUT2D eigenvalue weighted by molar-refractivity contribution is 6.31. The molecule has 2 unspecified atom stereocenters. The van der Waals surface area contributed by atoms with Crippen LogP contribution in [0, 0.1) is 5.82 Å². The second-order valence-electron chi connectivity index (χ2n) is 4.51. The van der Waals surface area contributed by atoms with Gasteiger partial charge in [-0.25, -0.2) is 4.39 Å². The first-order chi connectivity index (χ1) is 8.54. The van der Waals surface area contributed by atoms with Crippen LogP contribution in [0.2, 0.25) is 5.02 Å². The maximum absolute atomic E-state index is 13.1. The van der Waals surface area contributed by atoms with Gasteiger partial charge in [-0.3, -0.25) is 4.90 Å². The Morgan fingerprint density at radius 2 is 2.06 bits per heavy atom. The van der Waals surface area contributed by atoms with Gasteiger partial charge in [0, 0.05) is 23.7 Å².